The van der Waals surface area contributed by atoms with E-state index in [1.165, 1.54) is 22.0 Å². The molecule has 2 heteroatoms. The third-order valence-electron chi connectivity index (χ3n) is 4.43. The Balaban J connectivity index is 2.37. The van der Waals surface area contributed by atoms with Crippen LogP contribution in [-0.4, -0.2) is 9.55 Å². The van der Waals surface area contributed by atoms with Crippen LogP contribution in [0.2, 0.25) is 0 Å². The van der Waals surface area contributed by atoms with E-state index in [0.717, 1.165) is 11.9 Å². The summed E-state index contributed by atoms with van der Waals surface area (Å²) in [6, 6.07) is 10.9. The van der Waals surface area contributed by atoms with Crippen LogP contribution in [0.15, 0.2) is 36.5 Å². The lowest BCUT2D eigenvalue weighted by Gasteiger charge is -2.23. The second-order valence-electron chi connectivity index (χ2n) is 5.90. The molecule has 0 aliphatic heterocycles. The Morgan fingerprint density at radius 3 is 2.68 bits per heavy atom. The lowest BCUT2D eigenvalue weighted by molar-refractivity contribution is 0.507. The van der Waals surface area contributed by atoms with Crippen molar-refractivity contribution < 1.29 is 0 Å². The Kier molecular flexibility index (Phi) is 2.63. The molecule has 98 valence electrons. The molecule has 2 aromatic heterocycles. The minimum atomic E-state index is 0.213. The first-order chi connectivity index (χ1) is 9.04. The van der Waals surface area contributed by atoms with E-state index in [0.29, 0.717) is 0 Å². The molecule has 0 unspecified atom stereocenters. The van der Waals surface area contributed by atoms with Gasteiger partial charge in [-0.05, 0) is 41.7 Å². The van der Waals surface area contributed by atoms with Crippen molar-refractivity contribution in [1.29, 1.82) is 0 Å². The van der Waals surface area contributed by atoms with Crippen molar-refractivity contribution in [2.24, 2.45) is 7.05 Å². The second-order valence-corrected chi connectivity index (χ2v) is 5.90. The zero-order valence-corrected chi connectivity index (χ0v) is 12.1. The van der Waals surface area contributed by atoms with Gasteiger partial charge < -0.3 is 4.57 Å². The summed E-state index contributed by atoms with van der Waals surface area (Å²) in [4.78, 5) is 4.56. The van der Waals surface area contributed by atoms with E-state index in [2.05, 4.69) is 61.6 Å². The minimum absolute atomic E-state index is 0.213. The Hall–Kier alpha value is -1.83. The van der Waals surface area contributed by atoms with E-state index < -0.39 is 0 Å². The number of aromatic nitrogens is 2. The van der Waals surface area contributed by atoms with E-state index in [-0.39, 0.29) is 5.41 Å². The number of fused-ring (bicyclic) bond motifs is 3. The second kappa shape index (κ2) is 4.09. The fourth-order valence-corrected chi connectivity index (χ4v) is 2.65. The molecule has 0 amide bonds. The maximum Gasteiger partial charge on any atom is 0.0959 e. The molecule has 0 radical (unpaired) electrons. The number of nitrogens with zero attached hydrogens (tertiary/aromatic N) is 2. The minimum Gasteiger partial charge on any atom is -0.342 e. The molecule has 0 bridgehead atoms. The van der Waals surface area contributed by atoms with Crippen LogP contribution in [0.25, 0.3) is 21.9 Å². The summed E-state index contributed by atoms with van der Waals surface area (Å²) >= 11 is 0. The van der Waals surface area contributed by atoms with Crippen molar-refractivity contribution in [3.05, 3.63) is 42.1 Å². The first-order valence-electron chi connectivity index (χ1n) is 6.88. The van der Waals surface area contributed by atoms with Crippen LogP contribution in [0.3, 0.4) is 0 Å². The highest BCUT2D eigenvalue weighted by molar-refractivity contribution is 6.05. The molecule has 3 aromatic rings. The van der Waals surface area contributed by atoms with Gasteiger partial charge in [0.05, 0.1) is 16.6 Å². The lowest BCUT2D eigenvalue weighted by atomic mass is 9.82. The third kappa shape index (κ3) is 1.74. The topological polar surface area (TPSA) is 17.8 Å². The van der Waals surface area contributed by atoms with Crippen molar-refractivity contribution in [2.75, 3.05) is 0 Å². The molecule has 1 aromatic carbocycles. The molecular weight excluding hydrogens is 232 g/mol. The summed E-state index contributed by atoms with van der Waals surface area (Å²) in [7, 11) is 2.11. The van der Waals surface area contributed by atoms with Crippen LogP contribution in [-0.2, 0) is 12.5 Å². The van der Waals surface area contributed by atoms with E-state index in [4.69, 9.17) is 0 Å². The Morgan fingerprint density at radius 2 is 1.95 bits per heavy atom. The summed E-state index contributed by atoms with van der Waals surface area (Å²) < 4.78 is 2.22. The number of rotatable bonds is 2. The maximum absolute atomic E-state index is 4.56. The molecule has 2 nitrogen and oxygen atoms in total. The van der Waals surface area contributed by atoms with Crippen LogP contribution in [0, 0.1) is 0 Å². The smallest absolute Gasteiger partial charge is 0.0959 e. The molecule has 2 heterocycles. The van der Waals surface area contributed by atoms with Gasteiger partial charge in [-0.2, -0.15) is 0 Å². The molecule has 0 fully saturated rings. The van der Waals surface area contributed by atoms with Crippen molar-refractivity contribution >= 4 is 21.9 Å². The van der Waals surface area contributed by atoms with Gasteiger partial charge in [-0.1, -0.05) is 26.8 Å². The van der Waals surface area contributed by atoms with Crippen LogP contribution in [0.4, 0.5) is 0 Å². The normalized spacial score (nSPS) is 12.4. The molecule has 0 N–H and O–H groups in total. The highest BCUT2D eigenvalue weighted by atomic mass is 15.0. The zero-order valence-electron chi connectivity index (χ0n) is 12.1. The van der Waals surface area contributed by atoms with Crippen LogP contribution in [0.5, 0.6) is 0 Å². The Morgan fingerprint density at radius 1 is 1.16 bits per heavy atom. The molecule has 0 saturated heterocycles. The maximum atomic E-state index is 4.56. The first-order valence-corrected chi connectivity index (χ1v) is 6.88. The van der Waals surface area contributed by atoms with Crippen LogP contribution < -0.4 is 0 Å². The van der Waals surface area contributed by atoms with E-state index in [1.54, 1.807) is 0 Å². The molecule has 19 heavy (non-hydrogen) atoms. The average molecular weight is 252 g/mol. The summed E-state index contributed by atoms with van der Waals surface area (Å²) in [6.07, 6.45) is 3.01. The largest absolute Gasteiger partial charge is 0.342 e. The number of benzene rings is 1. The van der Waals surface area contributed by atoms with Gasteiger partial charge in [0.15, 0.2) is 0 Å². The third-order valence-corrected chi connectivity index (χ3v) is 4.43. The molecule has 0 aliphatic rings. The van der Waals surface area contributed by atoms with Gasteiger partial charge in [-0.25, -0.2) is 0 Å². The Labute approximate surface area is 114 Å². The van der Waals surface area contributed by atoms with Gasteiger partial charge in [-0.3, -0.25) is 4.98 Å². The van der Waals surface area contributed by atoms with Gasteiger partial charge in [0, 0.05) is 18.6 Å². The van der Waals surface area contributed by atoms with E-state index >= 15 is 0 Å². The van der Waals surface area contributed by atoms with E-state index in [1.807, 2.05) is 12.3 Å². The molecule has 0 saturated carbocycles. The summed E-state index contributed by atoms with van der Waals surface area (Å²) in [5.41, 5.74) is 5.16. The number of pyridine rings is 1. The molecule has 0 spiro atoms. The molecule has 0 aliphatic carbocycles. The summed E-state index contributed by atoms with van der Waals surface area (Å²) in [5.74, 6) is 0. The van der Waals surface area contributed by atoms with Gasteiger partial charge >= 0.3 is 0 Å². The summed E-state index contributed by atoms with van der Waals surface area (Å²) in [5, 5.41) is 1.26. The number of hydrogen-bond acceptors (Lipinski definition) is 1. The van der Waals surface area contributed by atoms with Crippen LogP contribution >= 0.6 is 0 Å². The average Bonchev–Trinajstić information content (AvgIpc) is 2.73. The highest BCUT2D eigenvalue weighted by Gasteiger charge is 2.19. The number of hydrogen-bond donors (Lipinski definition) is 0. The van der Waals surface area contributed by atoms with Gasteiger partial charge in [0.25, 0.3) is 0 Å². The van der Waals surface area contributed by atoms with E-state index in [9.17, 15) is 0 Å². The quantitative estimate of drug-likeness (QED) is 0.660. The molecule has 3 rings (SSSR count). The highest BCUT2D eigenvalue weighted by Crippen LogP contribution is 2.32. The van der Waals surface area contributed by atoms with Gasteiger partial charge in [0.1, 0.15) is 0 Å². The predicted molar refractivity (Wildman–Crippen MR) is 81.5 cm³/mol. The van der Waals surface area contributed by atoms with Crippen LogP contribution in [0.1, 0.15) is 32.8 Å². The lowest BCUT2D eigenvalue weighted by Crippen LogP contribution is -2.15. The predicted octanol–water partition coefficient (Wildman–Crippen LogP) is 4.41. The fraction of sp³-hybridized carbons (Fsp3) is 0.353. The fourth-order valence-electron chi connectivity index (χ4n) is 2.65. The zero-order chi connectivity index (χ0) is 13.6. The van der Waals surface area contributed by atoms with Gasteiger partial charge in [-0.15, -0.1) is 0 Å². The first kappa shape index (κ1) is 12.2. The van der Waals surface area contributed by atoms with Crippen molar-refractivity contribution in [1.82, 2.24) is 9.55 Å². The van der Waals surface area contributed by atoms with Crippen molar-refractivity contribution in [3.8, 4) is 0 Å². The standard InChI is InChI=1S/C17H20N2/c1-5-17(2,3)12-8-9-14-13(11-12)16-15(19(14)4)7-6-10-18-16/h6-11H,5H2,1-4H3. The van der Waals surface area contributed by atoms with Crippen molar-refractivity contribution in [2.45, 2.75) is 32.6 Å². The summed E-state index contributed by atoms with van der Waals surface area (Å²) in [6.45, 7) is 6.84. The van der Waals surface area contributed by atoms with Crippen molar-refractivity contribution in [3.63, 3.8) is 0 Å². The Bertz CT molecular complexity index is 750. The molecular formula is C17H20N2. The molecule has 0 atom stereocenters. The van der Waals surface area contributed by atoms with Gasteiger partial charge in [0.2, 0.25) is 0 Å². The number of aryl methyl sites for hydroxylation is 1. The monoisotopic (exact) mass is 252 g/mol. The SMILES string of the molecule is CCC(C)(C)c1ccc2c(c1)c1ncccc1n2C.